The van der Waals surface area contributed by atoms with Gasteiger partial charge in [0, 0.05) is 6.54 Å². The normalized spacial score (nSPS) is 11.1. The highest BCUT2D eigenvalue weighted by atomic mass is 35.5. The molecule has 1 aromatic carbocycles. The van der Waals surface area contributed by atoms with Gasteiger partial charge in [-0.05, 0) is 17.7 Å². The minimum Gasteiger partial charge on any atom is -0.493 e. The summed E-state index contributed by atoms with van der Waals surface area (Å²) in [4.78, 5) is 11.3. The lowest BCUT2D eigenvalue weighted by Crippen LogP contribution is -2.36. The van der Waals surface area contributed by atoms with Gasteiger partial charge in [-0.25, -0.2) is 0 Å². The lowest BCUT2D eigenvalue weighted by molar-refractivity contribution is -0.139. The van der Waals surface area contributed by atoms with Gasteiger partial charge < -0.3 is 20.5 Å². The standard InChI is InChI=1S/C12H14ClF3N2O3/c1-20-9-3-7(4-17)2-8(13)11(9)21-5-10(19)18-6-12(14,15)16/h2-3H,4-6,17H2,1H3,(H,18,19). The average Bonchev–Trinajstić information content (AvgIpc) is 2.42. The zero-order valence-electron chi connectivity index (χ0n) is 11.1. The number of ether oxygens (including phenoxy) is 2. The molecule has 1 rings (SSSR count). The van der Waals surface area contributed by atoms with Crippen LogP contribution in [0.4, 0.5) is 13.2 Å². The largest absolute Gasteiger partial charge is 0.493 e. The number of hydrogen-bond donors (Lipinski definition) is 2. The summed E-state index contributed by atoms with van der Waals surface area (Å²) in [5, 5.41) is 1.83. The second kappa shape index (κ2) is 7.37. The molecule has 0 saturated carbocycles. The van der Waals surface area contributed by atoms with Crippen LogP contribution in [0.15, 0.2) is 12.1 Å². The number of nitrogens with two attached hydrogens (primary N) is 1. The Bertz CT molecular complexity index is 509. The maximum Gasteiger partial charge on any atom is 0.405 e. The van der Waals surface area contributed by atoms with Crippen LogP contribution < -0.4 is 20.5 Å². The van der Waals surface area contributed by atoms with Crippen LogP contribution in [0.3, 0.4) is 0 Å². The molecule has 0 radical (unpaired) electrons. The lowest BCUT2D eigenvalue weighted by Gasteiger charge is -2.14. The predicted molar refractivity (Wildman–Crippen MR) is 70.5 cm³/mol. The molecule has 1 aromatic rings. The second-order valence-electron chi connectivity index (χ2n) is 3.99. The highest BCUT2D eigenvalue weighted by Crippen LogP contribution is 2.36. The van der Waals surface area contributed by atoms with E-state index in [2.05, 4.69) is 0 Å². The van der Waals surface area contributed by atoms with Crippen molar-refractivity contribution >= 4 is 17.5 Å². The van der Waals surface area contributed by atoms with Gasteiger partial charge >= 0.3 is 6.18 Å². The van der Waals surface area contributed by atoms with Crippen LogP contribution >= 0.6 is 11.6 Å². The minimum absolute atomic E-state index is 0.0681. The molecule has 0 atom stereocenters. The Kier molecular flexibility index (Phi) is 6.10. The fraction of sp³-hybridized carbons (Fsp3) is 0.417. The first-order valence-corrected chi connectivity index (χ1v) is 6.17. The Morgan fingerprint density at radius 1 is 1.43 bits per heavy atom. The number of benzene rings is 1. The van der Waals surface area contributed by atoms with E-state index in [1.165, 1.54) is 13.2 Å². The molecular formula is C12H14ClF3N2O3. The van der Waals surface area contributed by atoms with Crippen LogP contribution in [-0.4, -0.2) is 32.3 Å². The van der Waals surface area contributed by atoms with Crippen LogP contribution in [-0.2, 0) is 11.3 Å². The van der Waals surface area contributed by atoms with E-state index in [-0.39, 0.29) is 23.1 Å². The SMILES string of the molecule is COc1cc(CN)cc(Cl)c1OCC(=O)NCC(F)(F)F. The summed E-state index contributed by atoms with van der Waals surface area (Å²) in [5.74, 6) is -0.613. The van der Waals surface area contributed by atoms with E-state index in [9.17, 15) is 18.0 Å². The Morgan fingerprint density at radius 2 is 2.10 bits per heavy atom. The zero-order chi connectivity index (χ0) is 16.0. The fourth-order valence-corrected chi connectivity index (χ4v) is 1.71. The van der Waals surface area contributed by atoms with Crippen molar-refractivity contribution in [3.8, 4) is 11.5 Å². The molecule has 21 heavy (non-hydrogen) atoms. The molecule has 0 aromatic heterocycles. The summed E-state index contributed by atoms with van der Waals surface area (Å²) >= 11 is 5.95. The fourth-order valence-electron chi connectivity index (χ4n) is 1.42. The number of nitrogens with one attached hydrogen (secondary N) is 1. The van der Waals surface area contributed by atoms with Gasteiger partial charge in [-0.15, -0.1) is 0 Å². The van der Waals surface area contributed by atoms with Gasteiger partial charge in [0.1, 0.15) is 6.54 Å². The van der Waals surface area contributed by atoms with Crippen molar-refractivity contribution in [2.45, 2.75) is 12.7 Å². The van der Waals surface area contributed by atoms with Gasteiger partial charge in [0.25, 0.3) is 5.91 Å². The highest BCUT2D eigenvalue weighted by Gasteiger charge is 2.27. The Balaban J connectivity index is 2.69. The van der Waals surface area contributed by atoms with Crippen LogP contribution in [0, 0.1) is 0 Å². The molecule has 9 heteroatoms. The third-order valence-corrected chi connectivity index (χ3v) is 2.64. The molecule has 0 unspecified atom stereocenters. The van der Waals surface area contributed by atoms with Crippen LogP contribution in [0.25, 0.3) is 0 Å². The first kappa shape index (κ1) is 17.4. The third kappa shape index (κ3) is 5.68. The number of rotatable bonds is 6. The number of hydrogen-bond acceptors (Lipinski definition) is 4. The molecule has 0 aliphatic heterocycles. The zero-order valence-corrected chi connectivity index (χ0v) is 11.8. The molecule has 3 N–H and O–H groups in total. The van der Waals surface area contributed by atoms with Gasteiger partial charge in [-0.2, -0.15) is 13.2 Å². The number of alkyl halides is 3. The second-order valence-corrected chi connectivity index (χ2v) is 4.40. The summed E-state index contributed by atoms with van der Waals surface area (Å²) < 4.78 is 46.0. The van der Waals surface area contributed by atoms with Crippen molar-refractivity contribution in [1.82, 2.24) is 5.32 Å². The van der Waals surface area contributed by atoms with Gasteiger partial charge in [0.15, 0.2) is 18.1 Å². The molecule has 0 saturated heterocycles. The molecule has 0 fully saturated rings. The Hall–Kier alpha value is -1.67. The molecule has 1 amide bonds. The van der Waals surface area contributed by atoms with Crippen molar-refractivity contribution in [2.75, 3.05) is 20.3 Å². The number of carbonyl (C=O) groups excluding carboxylic acids is 1. The van der Waals surface area contributed by atoms with E-state index in [0.717, 1.165) is 0 Å². The first-order valence-electron chi connectivity index (χ1n) is 5.79. The van der Waals surface area contributed by atoms with Crippen molar-refractivity contribution in [2.24, 2.45) is 5.73 Å². The summed E-state index contributed by atoms with van der Waals surface area (Å²) in [6, 6.07) is 3.09. The molecule has 0 aliphatic rings. The Morgan fingerprint density at radius 3 is 2.62 bits per heavy atom. The third-order valence-electron chi connectivity index (χ3n) is 2.36. The summed E-state index contributed by atoms with van der Waals surface area (Å²) in [5.41, 5.74) is 6.16. The van der Waals surface area contributed by atoms with E-state index in [1.54, 1.807) is 11.4 Å². The quantitative estimate of drug-likeness (QED) is 0.837. The Labute approximate surface area is 124 Å². The molecule has 5 nitrogen and oxygen atoms in total. The number of methoxy groups -OCH3 is 1. The molecular weight excluding hydrogens is 313 g/mol. The summed E-state index contributed by atoms with van der Waals surface area (Å²) in [6.45, 7) is -1.82. The molecule has 0 bridgehead atoms. The van der Waals surface area contributed by atoms with Crippen molar-refractivity contribution in [3.63, 3.8) is 0 Å². The van der Waals surface area contributed by atoms with Crippen molar-refractivity contribution in [3.05, 3.63) is 22.7 Å². The van der Waals surface area contributed by atoms with Crippen molar-refractivity contribution in [1.29, 1.82) is 0 Å². The maximum atomic E-state index is 11.9. The smallest absolute Gasteiger partial charge is 0.405 e. The predicted octanol–water partition coefficient (Wildman–Crippen LogP) is 1.86. The van der Waals surface area contributed by atoms with Crippen molar-refractivity contribution < 1.29 is 27.4 Å². The minimum atomic E-state index is -4.48. The molecule has 0 aliphatic carbocycles. The van der Waals surface area contributed by atoms with Gasteiger partial charge in [0.05, 0.1) is 12.1 Å². The molecule has 0 spiro atoms. The van der Waals surface area contributed by atoms with Crippen LogP contribution in [0.2, 0.25) is 5.02 Å². The lowest BCUT2D eigenvalue weighted by atomic mass is 10.2. The van der Waals surface area contributed by atoms with E-state index in [4.69, 9.17) is 26.8 Å². The monoisotopic (exact) mass is 326 g/mol. The highest BCUT2D eigenvalue weighted by molar-refractivity contribution is 6.32. The van der Waals surface area contributed by atoms with Gasteiger partial charge in [0.2, 0.25) is 0 Å². The number of carbonyl (C=O) groups is 1. The maximum absolute atomic E-state index is 11.9. The number of amides is 1. The molecule has 118 valence electrons. The van der Waals surface area contributed by atoms with Crippen LogP contribution in [0.1, 0.15) is 5.56 Å². The average molecular weight is 327 g/mol. The van der Waals surface area contributed by atoms with Crippen LogP contribution in [0.5, 0.6) is 11.5 Å². The topological polar surface area (TPSA) is 73.6 Å². The van der Waals surface area contributed by atoms with Gasteiger partial charge in [-0.3, -0.25) is 4.79 Å². The van der Waals surface area contributed by atoms with E-state index >= 15 is 0 Å². The number of halogens is 4. The molecule has 0 heterocycles. The van der Waals surface area contributed by atoms with E-state index in [1.807, 2.05) is 0 Å². The first-order chi connectivity index (χ1) is 9.76. The summed E-state index contributed by atoms with van der Waals surface area (Å²) in [6.07, 6.45) is -4.48. The van der Waals surface area contributed by atoms with Gasteiger partial charge in [-0.1, -0.05) is 11.6 Å². The summed E-state index contributed by atoms with van der Waals surface area (Å²) in [7, 11) is 1.36. The van der Waals surface area contributed by atoms with E-state index in [0.29, 0.717) is 5.56 Å². The van der Waals surface area contributed by atoms with E-state index < -0.39 is 25.2 Å².